The second-order valence-electron chi connectivity index (χ2n) is 5.14. The number of benzene rings is 2. The van der Waals surface area contributed by atoms with E-state index in [0.29, 0.717) is 10.0 Å². The molecule has 2 rings (SSSR count). The van der Waals surface area contributed by atoms with Crippen LogP contribution in [0.15, 0.2) is 64.2 Å². The van der Waals surface area contributed by atoms with Crippen molar-refractivity contribution < 1.29 is 0 Å². The first kappa shape index (κ1) is 18.0. The molecule has 2 aromatic rings. The van der Waals surface area contributed by atoms with Crippen LogP contribution in [0.25, 0.3) is 6.08 Å². The Kier molecular flexibility index (Phi) is 6.41. The van der Waals surface area contributed by atoms with Crippen molar-refractivity contribution in [3.63, 3.8) is 0 Å². The lowest BCUT2D eigenvalue weighted by molar-refractivity contribution is 1.00. The molecule has 4 nitrogen and oxygen atoms in total. The van der Waals surface area contributed by atoms with E-state index in [1.807, 2.05) is 56.3 Å². The molecule has 6 heteroatoms. The third kappa shape index (κ3) is 5.41. The molecule has 24 heavy (non-hydrogen) atoms. The fraction of sp³-hybridized carbons (Fsp3) is 0.111. The second kappa shape index (κ2) is 8.52. The monoisotopic (exact) mass is 360 g/mol. The molecule has 0 saturated heterocycles. The number of halogens is 2. The van der Waals surface area contributed by atoms with E-state index >= 15 is 0 Å². The summed E-state index contributed by atoms with van der Waals surface area (Å²) in [6.45, 7) is 3.83. The molecule has 0 unspecified atom stereocenters. The van der Waals surface area contributed by atoms with Crippen LogP contribution in [0.4, 0.5) is 5.69 Å². The summed E-state index contributed by atoms with van der Waals surface area (Å²) in [5.74, 6) is 0.225. The Bertz CT molecular complexity index is 796. The molecule has 124 valence electrons. The van der Waals surface area contributed by atoms with Crippen LogP contribution in [0.3, 0.4) is 0 Å². The summed E-state index contributed by atoms with van der Waals surface area (Å²) in [4.78, 5) is 4.22. The number of nitrogens with one attached hydrogen (secondary N) is 1. The Morgan fingerprint density at radius 2 is 1.75 bits per heavy atom. The van der Waals surface area contributed by atoms with Gasteiger partial charge in [-0.15, -0.1) is 0 Å². The predicted molar refractivity (Wildman–Crippen MR) is 104 cm³/mol. The number of allylic oxidation sites excluding steroid dienone is 1. The average molecular weight is 361 g/mol. The SMILES string of the molecule is CC(=Cc1ccc(Cl)c(Cl)c1)C(C)=NNC(N)=Nc1ccccc1. The van der Waals surface area contributed by atoms with Gasteiger partial charge in [0.05, 0.1) is 21.4 Å². The van der Waals surface area contributed by atoms with Crippen LogP contribution >= 0.6 is 23.2 Å². The highest BCUT2D eigenvalue weighted by atomic mass is 35.5. The number of para-hydroxylation sites is 1. The van der Waals surface area contributed by atoms with E-state index in [1.54, 1.807) is 12.1 Å². The maximum Gasteiger partial charge on any atom is 0.214 e. The Hall–Kier alpha value is -2.30. The molecule has 0 aromatic heterocycles. The smallest absolute Gasteiger partial charge is 0.214 e. The van der Waals surface area contributed by atoms with Gasteiger partial charge in [0.2, 0.25) is 5.96 Å². The van der Waals surface area contributed by atoms with Crippen LogP contribution in [-0.4, -0.2) is 11.7 Å². The first-order valence-electron chi connectivity index (χ1n) is 7.29. The molecule has 0 aliphatic rings. The Morgan fingerprint density at radius 3 is 2.42 bits per heavy atom. The summed E-state index contributed by atoms with van der Waals surface area (Å²) in [5.41, 5.74) is 12.0. The molecule has 0 spiro atoms. The maximum atomic E-state index is 6.02. The van der Waals surface area contributed by atoms with Crippen LogP contribution in [0.2, 0.25) is 10.0 Å². The Morgan fingerprint density at radius 1 is 1.04 bits per heavy atom. The van der Waals surface area contributed by atoms with Crippen molar-refractivity contribution in [3.05, 3.63) is 69.7 Å². The third-order valence-corrected chi connectivity index (χ3v) is 3.98. The van der Waals surface area contributed by atoms with E-state index in [1.165, 1.54) is 0 Å². The van der Waals surface area contributed by atoms with E-state index in [-0.39, 0.29) is 5.96 Å². The van der Waals surface area contributed by atoms with Crippen molar-refractivity contribution >= 4 is 46.6 Å². The predicted octanol–water partition coefficient (Wildman–Crippen LogP) is 5.01. The zero-order chi connectivity index (χ0) is 17.5. The minimum atomic E-state index is 0.225. The number of nitrogens with two attached hydrogens (primary N) is 1. The summed E-state index contributed by atoms with van der Waals surface area (Å²) in [7, 11) is 0. The first-order chi connectivity index (χ1) is 11.5. The van der Waals surface area contributed by atoms with Crippen LogP contribution in [-0.2, 0) is 0 Å². The summed E-state index contributed by atoms with van der Waals surface area (Å²) < 4.78 is 0. The minimum Gasteiger partial charge on any atom is -0.368 e. The van der Waals surface area contributed by atoms with Crippen LogP contribution < -0.4 is 11.2 Å². The van der Waals surface area contributed by atoms with Crippen LogP contribution in [0.5, 0.6) is 0 Å². The quantitative estimate of drug-likeness (QED) is 0.457. The van der Waals surface area contributed by atoms with Gasteiger partial charge in [-0.05, 0) is 49.2 Å². The number of aliphatic imine (C=N–C) groups is 1. The molecule has 0 bridgehead atoms. The van der Waals surface area contributed by atoms with Gasteiger partial charge in [0, 0.05) is 0 Å². The van der Waals surface area contributed by atoms with Gasteiger partial charge in [0.25, 0.3) is 0 Å². The molecule has 2 aromatic carbocycles. The molecule has 0 aliphatic heterocycles. The largest absolute Gasteiger partial charge is 0.368 e. The van der Waals surface area contributed by atoms with E-state index < -0.39 is 0 Å². The van der Waals surface area contributed by atoms with Crippen LogP contribution in [0.1, 0.15) is 19.4 Å². The zero-order valence-corrected chi connectivity index (χ0v) is 14.9. The van der Waals surface area contributed by atoms with Crippen LogP contribution in [0, 0.1) is 0 Å². The lowest BCUT2D eigenvalue weighted by Gasteiger charge is -2.04. The topological polar surface area (TPSA) is 62.8 Å². The van der Waals surface area contributed by atoms with E-state index in [2.05, 4.69) is 15.5 Å². The fourth-order valence-corrected chi connectivity index (χ4v) is 2.16. The van der Waals surface area contributed by atoms with Crippen molar-refractivity contribution in [2.24, 2.45) is 15.8 Å². The molecule has 0 aliphatic carbocycles. The number of hydrogen-bond acceptors (Lipinski definition) is 2. The maximum absolute atomic E-state index is 6.02. The van der Waals surface area contributed by atoms with Gasteiger partial charge in [-0.1, -0.05) is 53.5 Å². The van der Waals surface area contributed by atoms with Gasteiger partial charge in [0.15, 0.2) is 0 Å². The Labute approximate surface area is 151 Å². The number of hydrazone groups is 1. The highest BCUT2D eigenvalue weighted by Gasteiger charge is 2.00. The fourth-order valence-electron chi connectivity index (χ4n) is 1.85. The van der Waals surface area contributed by atoms with Crippen molar-refractivity contribution in [2.75, 3.05) is 0 Å². The highest BCUT2D eigenvalue weighted by molar-refractivity contribution is 6.42. The molecular formula is C18H18Cl2N4. The average Bonchev–Trinajstić information content (AvgIpc) is 2.57. The van der Waals surface area contributed by atoms with Gasteiger partial charge in [-0.2, -0.15) is 5.10 Å². The number of hydrogen-bond donors (Lipinski definition) is 2. The number of guanidine groups is 1. The molecule has 0 heterocycles. The molecule has 0 radical (unpaired) electrons. The molecular weight excluding hydrogens is 343 g/mol. The van der Waals surface area contributed by atoms with Gasteiger partial charge >= 0.3 is 0 Å². The standard InChI is InChI=1S/C18H18Cl2N4/c1-12(10-14-8-9-16(19)17(20)11-14)13(2)23-24-18(21)22-15-6-4-3-5-7-15/h3-11H,1-2H3,(H3,21,22,24). The summed E-state index contributed by atoms with van der Waals surface area (Å²) in [6.07, 6.45) is 1.97. The zero-order valence-electron chi connectivity index (χ0n) is 13.4. The lowest BCUT2D eigenvalue weighted by atomic mass is 10.1. The molecule has 3 N–H and O–H groups in total. The van der Waals surface area contributed by atoms with Crippen molar-refractivity contribution in [2.45, 2.75) is 13.8 Å². The minimum absolute atomic E-state index is 0.225. The molecule has 0 saturated carbocycles. The van der Waals surface area contributed by atoms with Crippen molar-refractivity contribution in [1.82, 2.24) is 5.43 Å². The normalized spacial score (nSPS) is 13.1. The van der Waals surface area contributed by atoms with E-state index in [4.69, 9.17) is 28.9 Å². The van der Waals surface area contributed by atoms with E-state index in [9.17, 15) is 0 Å². The number of nitrogens with zero attached hydrogens (tertiary/aromatic N) is 2. The highest BCUT2D eigenvalue weighted by Crippen LogP contribution is 2.23. The molecule has 0 amide bonds. The van der Waals surface area contributed by atoms with Crippen molar-refractivity contribution in [3.8, 4) is 0 Å². The molecule has 0 fully saturated rings. The van der Waals surface area contributed by atoms with Gasteiger partial charge in [-0.3, -0.25) is 0 Å². The summed E-state index contributed by atoms with van der Waals surface area (Å²) in [6, 6.07) is 14.9. The first-order valence-corrected chi connectivity index (χ1v) is 8.04. The third-order valence-electron chi connectivity index (χ3n) is 3.24. The number of rotatable bonds is 4. The van der Waals surface area contributed by atoms with Gasteiger partial charge < -0.3 is 5.73 Å². The molecule has 0 atom stereocenters. The van der Waals surface area contributed by atoms with Gasteiger partial charge in [-0.25, -0.2) is 10.4 Å². The second-order valence-corrected chi connectivity index (χ2v) is 5.96. The summed E-state index contributed by atoms with van der Waals surface area (Å²) in [5, 5.41) is 5.29. The van der Waals surface area contributed by atoms with Crippen molar-refractivity contribution in [1.29, 1.82) is 0 Å². The summed E-state index contributed by atoms with van der Waals surface area (Å²) >= 11 is 11.9. The lowest BCUT2D eigenvalue weighted by Crippen LogP contribution is -2.27. The van der Waals surface area contributed by atoms with Gasteiger partial charge in [0.1, 0.15) is 0 Å². The van der Waals surface area contributed by atoms with E-state index in [0.717, 1.165) is 22.5 Å². The Balaban J connectivity index is 2.07.